The Bertz CT molecular complexity index is 1370. The van der Waals surface area contributed by atoms with Crippen LogP contribution in [-0.2, 0) is 10.0 Å². The first kappa shape index (κ1) is 19.2. The fourth-order valence-corrected chi connectivity index (χ4v) is 3.21. The van der Waals surface area contributed by atoms with Crippen LogP contribution >= 0.6 is 0 Å². The largest absolute Gasteiger partial charge is 0.365 e. The predicted molar refractivity (Wildman–Crippen MR) is 109 cm³/mol. The molecule has 30 heavy (non-hydrogen) atoms. The number of sulfonamides is 1. The highest BCUT2D eigenvalue weighted by atomic mass is 32.2. The van der Waals surface area contributed by atoms with Gasteiger partial charge in [-0.3, -0.25) is 4.79 Å². The molecule has 0 radical (unpaired) electrons. The number of primary amides is 1. The summed E-state index contributed by atoms with van der Waals surface area (Å²) in [6.07, 6.45) is 1.26. The van der Waals surface area contributed by atoms with Gasteiger partial charge in [-0.15, -0.1) is 0 Å². The van der Waals surface area contributed by atoms with Crippen molar-refractivity contribution in [1.82, 2.24) is 25.4 Å². The summed E-state index contributed by atoms with van der Waals surface area (Å²) < 4.78 is 23.1. The molecule has 0 unspecified atom stereocenters. The number of rotatable bonds is 6. The lowest BCUT2D eigenvalue weighted by atomic mass is 10.2. The van der Waals surface area contributed by atoms with Gasteiger partial charge in [0.25, 0.3) is 5.91 Å². The van der Waals surface area contributed by atoms with Crippen LogP contribution in [-0.4, -0.2) is 39.7 Å². The molecule has 0 saturated heterocycles. The van der Waals surface area contributed by atoms with E-state index in [0.29, 0.717) is 22.4 Å². The number of nitrogens with two attached hydrogens (primary N) is 2. The third kappa shape index (κ3) is 4.01. The molecule has 0 atom stereocenters. The van der Waals surface area contributed by atoms with Crippen LogP contribution < -0.4 is 21.5 Å². The first-order valence-electron chi connectivity index (χ1n) is 8.44. The second kappa shape index (κ2) is 7.38. The Morgan fingerprint density at radius 1 is 1.00 bits per heavy atom. The minimum Gasteiger partial charge on any atom is -0.365 e. The number of hydrogen-bond donors (Lipinski definition) is 5. The lowest BCUT2D eigenvalue weighted by molar-refractivity contribution is 0.100. The molecule has 0 aliphatic heterocycles. The molecule has 0 bridgehead atoms. The molecule has 0 aliphatic carbocycles. The van der Waals surface area contributed by atoms with Crippen LogP contribution in [0.1, 0.15) is 10.4 Å². The summed E-state index contributed by atoms with van der Waals surface area (Å²) in [5.74, 6) is -0.454. The van der Waals surface area contributed by atoms with Gasteiger partial charge in [-0.1, -0.05) is 6.07 Å². The fraction of sp³-hybridized carbons (Fsp3) is 0. The zero-order chi connectivity index (χ0) is 21.3. The summed E-state index contributed by atoms with van der Waals surface area (Å²) in [5.41, 5.74) is 7.78. The molecule has 152 valence electrons. The van der Waals surface area contributed by atoms with Crippen LogP contribution in [0.3, 0.4) is 0 Å². The van der Waals surface area contributed by atoms with Crippen molar-refractivity contribution in [3.63, 3.8) is 0 Å². The smallest absolute Gasteiger partial charge is 0.254 e. The van der Waals surface area contributed by atoms with Crippen LogP contribution in [0, 0.1) is 0 Å². The highest BCUT2D eigenvalue weighted by molar-refractivity contribution is 7.89. The SMILES string of the molecule is NC(=O)c1cnc(Nc2cccc(S(N)(=O)=O)c2)nc1Nc1ccc2n[nH]nc2c1. The summed E-state index contributed by atoms with van der Waals surface area (Å²) in [6, 6.07) is 11.0. The van der Waals surface area contributed by atoms with E-state index >= 15 is 0 Å². The molecule has 13 heteroatoms. The van der Waals surface area contributed by atoms with Crippen LogP contribution in [0.5, 0.6) is 0 Å². The first-order valence-corrected chi connectivity index (χ1v) is 9.98. The lowest BCUT2D eigenvalue weighted by Crippen LogP contribution is -2.16. The molecular formula is C17H15N9O3S. The maximum atomic E-state index is 11.8. The summed E-state index contributed by atoms with van der Waals surface area (Å²) >= 11 is 0. The quantitative estimate of drug-likeness (QED) is 0.299. The second-order valence-corrected chi connectivity index (χ2v) is 7.73. The number of aromatic amines is 1. The van der Waals surface area contributed by atoms with Crippen molar-refractivity contribution in [2.45, 2.75) is 4.90 Å². The van der Waals surface area contributed by atoms with Crippen molar-refractivity contribution < 1.29 is 13.2 Å². The van der Waals surface area contributed by atoms with E-state index in [-0.39, 0.29) is 22.2 Å². The molecule has 7 N–H and O–H groups in total. The fourth-order valence-electron chi connectivity index (χ4n) is 2.65. The standard InChI is InChI=1S/C17H15N9O3S/c18-15(27)12-8-20-17(22-9-2-1-3-11(6-9)30(19,28)29)23-16(12)21-10-4-5-13-14(7-10)25-26-24-13/h1-8H,(H2,18,27)(H2,19,28,29)(H,24,25,26)(H2,20,21,22,23). The van der Waals surface area contributed by atoms with Crippen molar-refractivity contribution in [3.8, 4) is 0 Å². The average molecular weight is 425 g/mol. The number of fused-ring (bicyclic) bond motifs is 1. The van der Waals surface area contributed by atoms with Crippen molar-refractivity contribution in [3.05, 3.63) is 54.2 Å². The van der Waals surface area contributed by atoms with Gasteiger partial charge in [0.05, 0.1) is 4.90 Å². The number of primary sulfonamides is 1. The molecule has 2 heterocycles. The number of aromatic nitrogens is 5. The topological polar surface area (TPSA) is 195 Å². The van der Waals surface area contributed by atoms with Gasteiger partial charge >= 0.3 is 0 Å². The van der Waals surface area contributed by atoms with Gasteiger partial charge in [-0.05, 0) is 36.4 Å². The molecule has 0 fully saturated rings. The number of benzene rings is 2. The predicted octanol–water partition coefficient (Wildman–Crippen LogP) is 0.981. The highest BCUT2D eigenvalue weighted by Crippen LogP contribution is 2.24. The molecule has 1 amide bonds. The maximum Gasteiger partial charge on any atom is 0.254 e. The van der Waals surface area contributed by atoms with Crippen LogP contribution in [0.25, 0.3) is 11.0 Å². The third-order valence-electron chi connectivity index (χ3n) is 4.05. The number of carbonyl (C=O) groups is 1. The molecule has 2 aromatic heterocycles. The van der Waals surface area contributed by atoms with Gasteiger partial charge in [0.1, 0.15) is 22.4 Å². The zero-order valence-electron chi connectivity index (χ0n) is 15.2. The molecule has 4 aromatic rings. The van der Waals surface area contributed by atoms with Crippen LogP contribution in [0.4, 0.5) is 23.1 Å². The van der Waals surface area contributed by atoms with Crippen molar-refractivity contribution in [2.75, 3.05) is 10.6 Å². The van der Waals surface area contributed by atoms with Crippen molar-refractivity contribution in [2.24, 2.45) is 10.9 Å². The van der Waals surface area contributed by atoms with Gasteiger partial charge < -0.3 is 16.4 Å². The molecule has 0 aliphatic rings. The molecule has 4 rings (SSSR count). The first-order chi connectivity index (χ1) is 14.3. The van der Waals surface area contributed by atoms with Crippen molar-refractivity contribution in [1.29, 1.82) is 0 Å². The van der Waals surface area contributed by atoms with E-state index in [4.69, 9.17) is 10.9 Å². The number of nitrogens with zero attached hydrogens (tertiary/aromatic N) is 4. The number of H-pyrrole nitrogens is 1. The van der Waals surface area contributed by atoms with Gasteiger partial charge in [0, 0.05) is 17.6 Å². The lowest BCUT2D eigenvalue weighted by Gasteiger charge is -2.12. The Labute approximate surface area is 169 Å². The Morgan fingerprint density at radius 3 is 2.53 bits per heavy atom. The van der Waals surface area contributed by atoms with E-state index < -0.39 is 15.9 Å². The van der Waals surface area contributed by atoms with E-state index in [2.05, 4.69) is 36.0 Å². The second-order valence-electron chi connectivity index (χ2n) is 6.17. The summed E-state index contributed by atoms with van der Waals surface area (Å²) in [4.78, 5) is 20.1. The Morgan fingerprint density at radius 2 is 1.77 bits per heavy atom. The van der Waals surface area contributed by atoms with E-state index in [1.165, 1.54) is 24.4 Å². The summed E-state index contributed by atoms with van der Waals surface area (Å²) in [6.45, 7) is 0. The molecule has 0 saturated carbocycles. The minimum absolute atomic E-state index is 0.0686. The zero-order valence-corrected chi connectivity index (χ0v) is 16.0. The molecule has 0 spiro atoms. The monoisotopic (exact) mass is 425 g/mol. The van der Waals surface area contributed by atoms with E-state index in [1.54, 1.807) is 24.3 Å². The number of carbonyl (C=O) groups excluding carboxylic acids is 1. The van der Waals surface area contributed by atoms with Crippen LogP contribution in [0.2, 0.25) is 0 Å². The molecular weight excluding hydrogens is 410 g/mol. The minimum atomic E-state index is -3.87. The van der Waals surface area contributed by atoms with Gasteiger partial charge in [-0.25, -0.2) is 18.5 Å². The molecule has 2 aromatic carbocycles. The Kier molecular flexibility index (Phi) is 4.73. The van der Waals surface area contributed by atoms with Crippen LogP contribution in [0.15, 0.2) is 53.6 Å². The number of nitrogens with one attached hydrogen (secondary N) is 3. The Hall–Kier alpha value is -4.10. The number of amides is 1. The Balaban J connectivity index is 1.67. The normalized spacial score (nSPS) is 11.4. The van der Waals surface area contributed by atoms with Gasteiger partial charge in [0.2, 0.25) is 16.0 Å². The number of hydrogen-bond acceptors (Lipinski definition) is 9. The van der Waals surface area contributed by atoms with E-state index in [1.807, 2.05) is 0 Å². The molecule has 12 nitrogen and oxygen atoms in total. The van der Waals surface area contributed by atoms with Crippen molar-refractivity contribution >= 4 is 50.1 Å². The highest BCUT2D eigenvalue weighted by Gasteiger charge is 2.14. The number of anilines is 4. The third-order valence-corrected chi connectivity index (χ3v) is 4.96. The summed E-state index contributed by atoms with van der Waals surface area (Å²) in [5, 5.41) is 21.5. The maximum absolute atomic E-state index is 11.8. The van der Waals surface area contributed by atoms with E-state index in [9.17, 15) is 13.2 Å². The summed E-state index contributed by atoms with van der Waals surface area (Å²) in [7, 11) is -3.87. The van der Waals surface area contributed by atoms with Gasteiger partial charge in [-0.2, -0.15) is 20.4 Å². The average Bonchev–Trinajstić information content (AvgIpc) is 3.15. The van der Waals surface area contributed by atoms with Gasteiger partial charge in [0.15, 0.2) is 0 Å². The van der Waals surface area contributed by atoms with E-state index in [0.717, 1.165) is 0 Å².